The maximum absolute atomic E-state index is 9.40. The molecule has 2 atom stereocenters. The molecule has 1 heterocycles. The van der Waals surface area contributed by atoms with Gasteiger partial charge in [0.2, 0.25) is 0 Å². The molecule has 1 aliphatic rings. The van der Waals surface area contributed by atoms with Gasteiger partial charge in [0, 0.05) is 24.8 Å². The molecule has 1 fully saturated rings. The molecule has 100 valence electrons. The van der Waals surface area contributed by atoms with Crippen LogP contribution < -0.4 is 10.2 Å². The van der Waals surface area contributed by atoms with Crippen molar-refractivity contribution in [2.45, 2.75) is 26.8 Å². The summed E-state index contributed by atoms with van der Waals surface area (Å²) in [6, 6.07) is 6.76. The Morgan fingerprint density at radius 1 is 1.33 bits per heavy atom. The van der Waals surface area contributed by atoms with Gasteiger partial charge in [-0.2, -0.15) is 0 Å². The van der Waals surface area contributed by atoms with Crippen LogP contribution in [0.25, 0.3) is 0 Å². The first-order valence-corrected chi connectivity index (χ1v) is 6.76. The first kappa shape index (κ1) is 13.4. The van der Waals surface area contributed by atoms with Crippen molar-refractivity contribution < 1.29 is 5.11 Å². The summed E-state index contributed by atoms with van der Waals surface area (Å²) in [6.07, 6.45) is 0. The second-order valence-corrected chi connectivity index (χ2v) is 5.59. The Morgan fingerprint density at radius 2 is 2.11 bits per heavy atom. The van der Waals surface area contributed by atoms with E-state index in [2.05, 4.69) is 49.2 Å². The average molecular weight is 248 g/mol. The number of rotatable bonds is 2. The molecule has 0 amide bonds. The quantitative estimate of drug-likeness (QED) is 0.836. The van der Waals surface area contributed by atoms with Crippen LogP contribution in [0.15, 0.2) is 18.2 Å². The summed E-state index contributed by atoms with van der Waals surface area (Å²) in [5.74, 6) is 0.599. The van der Waals surface area contributed by atoms with E-state index in [1.807, 2.05) is 0 Å². The average Bonchev–Trinajstić information content (AvgIpc) is 2.54. The van der Waals surface area contributed by atoms with Crippen molar-refractivity contribution >= 4 is 5.69 Å². The Morgan fingerprint density at radius 3 is 2.83 bits per heavy atom. The number of aliphatic hydroxyl groups is 1. The monoisotopic (exact) mass is 248 g/mol. The van der Waals surface area contributed by atoms with Crippen molar-refractivity contribution in [1.29, 1.82) is 0 Å². The lowest BCUT2D eigenvalue weighted by Gasteiger charge is -2.28. The predicted octanol–water partition coefficient (Wildman–Crippen LogP) is 1.71. The molecule has 0 spiro atoms. The maximum atomic E-state index is 9.40. The van der Waals surface area contributed by atoms with Gasteiger partial charge < -0.3 is 15.3 Å². The van der Waals surface area contributed by atoms with Gasteiger partial charge in [0.25, 0.3) is 0 Å². The van der Waals surface area contributed by atoms with Crippen molar-refractivity contribution in [2.75, 3.05) is 31.1 Å². The molecule has 0 aromatic heterocycles. The van der Waals surface area contributed by atoms with Gasteiger partial charge in [-0.05, 0) is 43.5 Å². The van der Waals surface area contributed by atoms with E-state index in [0.29, 0.717) is 5.92 Å². The predicted molar refractivity (Wildman–Crippen MR) is 76.2 cm³/mol. The zero-order valence-corrected chi connectivity index (χ0v) is 11.6. The smallest absolute Gasteiger partial charge is 0.0601 e. The molecule has 1 aromatic carbocycles. The van der Waals surface area contributed by atoms with E-state index >= 15 is 0 Å². The molecule has 0 bridgehead atoms. The van der Waals surface area contributed by atoms with Gasteiger partial charge in [-0.15, -0.1) is 0 Å². The summed E-state index contributed by atoms with van der Waals surface area (Å²) in [5.41, 5.74) is 3.91. The molecule has 2 N–H and O–H groups in total. The molecule has 1 aliphatic heterocycles. The van der Waals surface area contributed by atoms with Crippen LogP contribution in [-0.4, -0.2) is 37.4 Å². The Bertz CT molecular complexity index is 405. The molecule has 18 heavy (non-hydrogen) atoms. The van der Waals surface area contributed by atoms with Crippen LogP contribution in [0.5, 0.6) is 0 Å². The third-order valence-electron chi connectivity index (χ3n) is 3.65. The van der Waals surface area contributed by atoms with Gasteiger partial charge in [0.15, 0.2) is 0 Å². The van der Waals surface area contributed by atoms with E-state index in [0.717, 1.165) is 19.6 Å². The minimum atomic E-state index is 0.176. The largest absolute Gasteiger partial charge is 0.395 e. The summed E-state index contributed by atoms with van der Waals surface area (Å²) < 4.78 is 0. The van der Waals surface area contributed by atoms with Crippen LogP contribution in [-0.2, 0) is 0 Å². The van der Waals surface area contributed by atoms with Crippen molar-refractivity contribution in [3.63, 3.8) is 0 Å². The topological polar surface area (TPSA) is 35.5 Å². The van der Waals surface area contributed by atoms with Gasteiger partial charge in [-0.3, -0.25) is 0 Å². The Balaban J connectivity index is 2.26. The second kappa shape index (κ2) is 5.72. The molecule has 3 nitrogen and oxygen atoms in total. The Labute approximate surface area is 110 Å². The fourth-order valence-electron chi connectivity index (χ4n) is 2.59. The van der Waals surface area contributed by atoms with Gasteiger partial charge in [-0.25, -0.2) is 0 Å². The first-order valence-electron chi connectivity index (χ1n) is 6.76. The lowest BCUT2D eigenvalue weighted by Crippen LogP contribution is -2.40. The molecule has 2 rings (SSSR count). The molecule has 3 heteroatoms. The van der Waals surface area contributed by atoms with Crippen molar-refractivity contribution in [2.24, 2.45) is 5.92 Å². The number of nitrogens with zero attached hydrogens (tertiary/aromatic N) is 1. The number of anilines is 1. The van der Waals surface area contributed by atoms with E-state index in [-0.39, 0.29) is 12.6 Å². The Hall–Kier alpha value is -1.06. The van der Waals surface area contributed by atoms with Crippen LogP contribution in [0.1, 0.15) is 18.1 Å². The molecule has 1 aromatic rings. The fourth-order valence-corrected chi connectivity index (χ4v) is 2.59. The minimum absolute atomic E-state index is 0.176. The number of nitrogens with one attached hydrogen (secondary N) is 1. The summed E-state index contributed by atoms with van der Waals surface area (Å²) >= 11 is 0. The number of hydrogen-bond acceptors (Lipinski definition) is 3. The summed E-state index contributed by atoms with van der Waals surface area (Å²) in [4.78, 5) is 2.41. The van der Waals surface area contributed by atoms with E-state index < -0.39 is 0 Å². The molecular weight excluding hydrogens is 224 g/mol. The van der Waals surface area contributed by atoms with Gasteiger partial charge in [-0.1, -0.05) is 19.1 Å². The lowest BCUT2D eigenvalue weighted by atomic mass is 10.1. The van der Waals surface area contributed by atoms with Crippen LogP contribution in [0.3, 0.4) is 0 Å². The molecule has 2 unspecified atom stereocenters. The van der Waals surface area contributed by atoms with Gasteiger partial charge in [0.05, 0.1) is 6.61 Å². The van der Waals surface area contributed by atoms with E-state index in [9.17, 15) is 5.11 Å². The second-order valence-electron chi connectivity index (χ2n) is 5.59. The Kier molecular flexibility index (Phi) is 4.25. The van der Waals surface area contributed by atoms with Crippen LogP contribution in [0.2, 0.25) is 0 Å². The molecular formula is C15H24N2O. The van der Waals surface area contributed by atoms with Crippen LogP contribution in [0.4, 0.5) is 5.69 Å². The van der Waals surface area contributed by atoms with E-state index in [1.54, 1.807) is 0 Å². The minimum Gasteiger partial charge on any atom is -0.395 e. The van der Waals surface area contributed by atoms with E-state index in [1.165, 1.54) is 16.8 Å². The highest BCUT2D eigenvalue weighted by molar-refractivity contribution is 5.55. The maximum Gasteiger partial charge on any atom is 0.0601 e. The van der Waals surface area contributed by atoms with Crippen LogP contribution in [0, 0.1) is 19.8 Å². The van der Waals surface area contributed by atoms with Crippen LogP contribution >= 0.6 is 0 Å². The molecule has 0 radical (unpaired) electrons. The van der Waals surface area contributed by atoms with Gasteiger partial charge in [0.1, 0.15) is 0 Å². The van der Waals surface area contributed by atoms with E-state index in [4.69, 9.17) is 0 Å². The fraction of sp³-hybridized carbons (Fsp3) is 0.600. The highest BCUT2D eigenvalue weighted by atomic mass is 16.3. The molecule has 0 aliphatic carbocycles. The normalized spacial score (nSPS) is 25.0. The summed E-state index contributed by atoms with van der Waals surface area (Å²) in [7, 11) is 0. The zero-order chi connectivity index (χ0) is 13.1. The summed E-state index contributed by atoms with van der Waals surface area (Å²) in [6.45, 7) is 9.65. The third-order valence-corrected chi connectivity index (χ3v) is 3.65. The number of aryl methyl sites for hydroxylation is 2. The number of hydrogen-bond donors (Lipinski definition) is 2. The highest BCUT2D eigenvalue weighted by Gasteiger charge is 2.22. The zero-order valence-electron chi connectivity index (χ0n) is 11.6. The van der Waals surface area contributed by atoms with Crippen molar-refractivity contribution in [3.8, 4) is 0 Å². The number of benzene rings is 1. The highest BCUT2D eigenvalue weighted by Crippen LogP contribution is 2.23. The molecule has 1 saturated heterocycles. The van der Waals surface area contributed by atoms with Crippen molar-refractivity contribution in [1.82, 2.24) is 5.32 Å². The standard InChI is InChI=1S/C15H24N2O/c1-11-4-5-13(3)15(6-11)17-8-12(2)7-16-14(9-17)10-18/h4-6,12,14,16,18H,7-10H2,1-3H3. The first-order chi connectivity index (χ1) is 8.60. The SMILES string of the molecule is Cc1ccc(C)c(N2CC(C)CNC(CO)C2)c1. The lowest BCUT2D eigenvalue weighted by molar-refractivity contribution is 0.247. The summed E-state index contributed by atoms with van der Waals surface area (Å²) in [5, 5.41) is 12.8. The third kappa shape index (κ3) is 3.03. The van der Waals surface area contributed by atoms with Crippen molar-refractivity contribution in [3.05, 3.63) is 29.3 Å². The van der Waals surface area contributed by atoms with Gasteiger partial charge >= 0.3 is 0 Å². The number of aliphatic hydroxyl groups excluding tert-OH is 1. The molecule has 0 saturated carbocycles.